The van der Waals surface area contributed by atoms with Crippen molar-refractivity contribution in [1.82, 2.24) is 9.88 Å². The van der Waals surface area contributed by atoms with E-state index in [9.17, 15) is 18.0 Å². The first-order valence-electron chi connectivity index (χ1n) is 8.20. The van der Waals surface area contributed by atoms with Crippen LogP contribution in [0.5, 0.6) is 0 Å². The van der Waals surface area contributed by atoms with Gasteiger partial charge in [0.25, 0.3) is 5.91 Å². The smallest absolute Gasteiger partial charge is 0.321 e. The molecule has 10 heteroatoms. The van der Waals surface area contributed by atoms with Crippen LogP contribution in [-0.2, 0) is 30.8 Å². The Morgan fingerprint density at radius 3 is 2.41 bits per heavy atom. The largest absolute Gasteiger partial charge is 0.455 e. The summed E-state index contributed by atoms with van der Waals surface area (Å²) in [6, 6.07) is 7.25. The highest BCUT2D eigenvalue weighted by Gasteiger charge is 2.25. The van der Waals surface area contributed by atoms with Crippen molar-refractivity contribution in [1.29, 1.82) is 0 Å². The fraction of sp³-hybridized carbons (Fsp3) is 0.353. The van der Waals surface area contributed by atoms with Crippen LogP contribution in [0.1, 0.15) is 23.9 Å². The number of rotatable bonds is 8. The molecular weight excluding hydrogens is 374 g/mol. The molecule has 0 radical (unpaired) electrons. The lowest BCUT2D eigenvalue weighted by molar-refractivity contribution is -0.146. The average molecular weight is 395 g/mol. The molecule has 1 amide bonds. The number of sulfonamides is 1. The Labute approximate surface area is 157 Å². The Bertz CT molecular complexity index is 899. The number of carbonyl (C=O) groups excluding carboxylic acids is 2. The Hall–Kier alpha value is -2.72. The molecule has 9 nitrogen and oxygen atoms in total. The summed E-state index contributed by atoms with van der Waals surface area (Å²) in [6.07, 6.45) is 0.885. The molecule has 27 heavy (non-hydrogen) atoms. The molecule has 1 aromatic carbocycles. The topological polar surface area (TPSA) is 128 Å². The van der Waals surface area contributed by atoms with E-state index < -0.39 is 35.1 Å². The van der Waals surface area contributed by atoms with Gasteiger partial charge in [-0.15, -0.1) is 0 Å². The molecule has 0 unspecified atom stereocenters. The first kappa shape index (κ1) is 20.6. The van der Waals surface area contributed by atoms with Crippen LogP contribution in [0.25, 0.3) is 0 Å². The number of hydrogen-bond donors (Lipinski definition) is 2. The first-order valence-corrected chi connectivity index (χ1v) is 9.68. The number of aromatic nitrogens is 1. The van der Waals surface area contributed by atoms with Gasteiger partial charge in [-0.25, -0.2) is 8.42 Å². The van der Waals surface area contributed by atoms with Gasteiger partial charge in [-0.1, -0.05) is 24.2 Å². The second-order valence-corrected chi connectivity index (χ2v) is 7.44. The van der Waals surface area contributed by atoms with Crippen molar-refractivity contribution in [3.05, 3.63) is 41.3 Å². The molecule has 0 spiro atoms. The normalized spacial score (nSPS) is 11.2. The lowest BCUT2D eigenvalue weighted by atomic mass is 10.1. The van der Waals surface area contributed by atoms with Crippen LogP contribution < -0.4 is 10.0 Å². The van der Waals surface area contributed by atoms with Gasteiger partial charge in [0.05, 0.1) is 0 Å². The minimum atomic E-state index is -3.97. The Kier molecular flexibility index (Phi) is 6.70. The van der Waals surface area contributed by atoms with Gasteiger partial charge in [0.1, 0.15) is 17.1 Å². The van der Waals surface area contributed by atoms with Crippen molar-refractivity contribution >= 4 is 27.6 Å². The number of nitrogens with zero attached hydrogens (tertiary/aromatic N) is 1. The maximum absolute atomic E-state index is 12.2. The van der Waals surface area contributed by atoms with E-state index in [-0.39, 0.29) is 16.3 Å². The summed E-state index contributed by atoms with van der Waals surface area (Å²) in [7, 11) is -3.97. The summed E-state index contributed by atoms with van der Waals surface area (Å²) in [5, 5.41) is 6.14. The highest BCUT2D eigenvalue weighted by Crippen LogP contribution is 2.18. The highest BCUT2D eigenvalue weighted by atomic mass is 32.2. The van der Waals surface area contributed by atoms with E-state index in [4.69, 9.17) is 9.26 Å². The number of anilines is 1. The van der Waals surface area contributed by atoms with Crippen LogP contribution >= 0.6 is 0 Å². The molecule has 1 heterocycles. The van der Waals surface area contributed by atoms with E-state index in [1.54, 1.807) is 12.1 Å². The second kappa shape index (κ2) is 8.78. The molecule has 2 rings (SSSR count). The fourth-order valence-electron chi connectivity index (χ4n) is 2.30. The number of aryl methyl sites for hydroxylation is 3. The van der Waals surface area contributed by atoms with Gasteiger partial charge in [-0.05, 0) is 38.0 Å². The van der Waals surface area contributed by atoms with Gasteiger partial charge in [0, 0.05) is 5.69 Å². The molecule has 1 aromatic heterocycles. The summed E-state index contributed by atoms with van der Waals surface area (Å²) < 4.78 is 36.0. The Morgan fingerprint density at radius 1 is 1.19 bits per heavy atom. The van der Waals surface area contributed by atoms with E-state index >= 15 is 0 Å². The molecule has 0 fully saturated rings. The number of ether oxygens (including phenoxy) is 1. The maximum atomic E-state index is 12.2. The highest BCUT2D eigenvalue weighted by molar-refractivity contribution is 7.89. The van der Waals surface area contributed by atoms with Gasteiger partial charge in [0.2, 0.25) is 10.0 Å². The lowest BCUT2D eigenvalue weighted by Crippen LogP contribution is -2.32. The van der Waals surface area contributed by atoms with Gasteiger partial charge in [0.15, 0.2) is 12.4 Å². The predicted molar refractivity (Wildman–Crippen MR) is 96.6 cm³/mol. The number of esters is 1. The zero-order valence-corrected chi connectivity index (χ0v) is 16.1. The van der Waals surface area contributed by atoms with Crippen LogP contribution in [0.4, 0.5) is 5.69 Å². The van der Waals surface area contributed by atoms with Gasteiger partial charge >= 0.3 is 5.97 Å². The molecule has 2 N–H and O–H groups in total. The van der Waals surface area contributed by atoms with Crippen molar-refractivity contribution in [2.75, 3.05) is 18.5 Å². The van der Waals surface area contributed by atoms with Crippen LogP contribution in [0.2, 0.25) is 0 Å². The average Bonchev–Trinajstić information content (AvgIpc) is 2.98. The van der Waals surface area contributed by atoms with E-state index in [1.165, 1.54) is 13.8 Å². The van der Waals surface area contributed by atoms with E-state index in [1.807, 2.05) is 19.1 Å². The number of nitrogens with one attached hydrogen (secondary N) is 2. The molecular formula is C17H21N3O6S. The number of carbonyl (C=O) groups is 2. The van der Waals surface area contributed by atoms with Crippen LogP contribution in [0.15, 0.2) is 33.7 Å². The number of benzene rings is 1. The van der Waals surface area contributed by atoms with E-state index in [0.717, 1.165) is 12.0 Å². The van der Waals surface area contributed by atoms with Gasteiger partial charge in [-0.2, -0.15) is 4.72 Å². The lowest BCUT2D eigenvalue weighted by Gasteiger charge is -2.08. The van der Waals surface area contributed by atoms with Crippen molar-refractivity contribution in [3.8, 4) is 0 Å². The standard InChI is InChI=1S/C17H21N3O6S/c1-4-13-5-7-14(8-6-13)19-15(21)10-25-16(22)9-18-27(23,24)17-11(2)20-26-12(17)3/h5-8,18H,4,9-10H2,1-3H3,(H,19,21). The minimum Gasteiger partial charge on any atom is -0.455 e. The quantitative estimate of drug-likeness (QED) is 0.645. The third-order valence-corrected chi connectivity index (χ3v) is 5.30. The minimum absolute atomic E-state index is 0.113. The predicted octanol–water partition coefficient (Wildman–Crippen LogP) is 1.31. The third-order valence-electron chi connectivity index (χ3n) is 3.65. The zero-order valence-electron chi connectivity index (χ0n) is 15.2. The Morgan fingerprint density at radius 2 is 1.85 bits per heavy atom. The molecule has 0 atom stereocenters. The summed E-state index contributed by atoms with van der Waals surface area (Å²) in [4.78, 5) is 23.4. The van der Waals surface area contributed by atoms with Crippen LogP contribution in [0, 0.1) is 13.8 Å². The molecule has 0 saturated carbocycles. The number of hydrogen-bond acceptors (Lipinski definition) is 7. The zero-order chi connectivity index (χ0) is 20.0. The molecule has 0 aliphatic rings. The fourth-order valence-corrected chi connectivity index (χ4v) is 3.60. The van der Waals surface area contributed by atoms with Gasteiger partial charge < -0.3 is 14.6 Å². The van der Waals surface area contributed by atoms with Crippen LogP contribution in [0.3, 0.4) is 0 Å². The first-order chi connectivity index (χ1) is 12.7. The Balaban J connectivity index is 1.81. The molecule has 0 bridgehead atoms. The summed E-state index contributed by atoms with van der Waals surface area (Å²) >= 11 is 0. The number of amides is 1. The second-order valence-electron chi connectivity index (χ2n) is 5.74. The SMILES string of the molecule is CCc1ccc(NC(=O)COC(=O)CNS(=O)(=O)c2c(C)noc2C)cc1. The van der Waals surface area contributed by atoms with Gasteiger partial charge in [-0.3, -0.25) is 9.59 Å². The summed E-state index contributed by atoms with van der Waals surface area (Å²) in [5.41, 5.74) is 1.89. The molecule has 146 valence electrons. The maximum Gasteiger partial charge on any atom is 0.321 e. The van der Waals surface area contributed by atoms with E-state index in [0.29, 0.717) is 5.69 Å². The van der Waals surface area contributed by atoms with Crippen molar-refractivity contribution in [2.24, 2.45) is 0 Å². The van der Waals surface area contributed by atoms with Crippen molar-refractivity contribution in [2.45, 2.75) is 32.1 Å². The third kappa shape index (κ3) is 5.63. The monoisotopic (exact) mass is 395 g/mol. The van der Waals surface area contributed by atoms with Crippen molar-refractivity contribution < 1.29 is 27.3 Å². The van der Waals surface area contributed by atoms with E-state index in [2.05, 4.69) is 15.2 Å². The van der Waals surface area contributed by atoms with Crippen LogP contribution in [-0.4, -0.2) is 38.6 Å². The van der Waals surface area contributed by atoms with Crippen molar-refractivity contribution in [3.63, 3.8) is 0 Å². The molecule has 0 aliphatic heterocycles. The molecule has 2 aromatic rings. The summed E-state index contributed by atoms with van der Waals surface area (Å²) in [6.45, 7) is 3.80. The molecule has 0 saturated heterocycles. The summed E-state index contributed by atoms with van der Waals surface area (Å²) in [5.74, 6) is -1.30. The molecule has 0 aliphatic carbocycles.